The van der Waals surface area contributed by atoms with Crippen LogP contribution in [0.5, 0.6) is 5.75 Å². The molecule has 2 amide bonds. The summed E-state index contributed by atoms with van der Waals surface area (Å²) in [5.41, 5.74) is 1.86. The predicted molar refractivity (Wildman–Crippen MR) is 164 cm³/mol. The van der Waals surface area contributed by atoms with Gasteiger partial charge in [-0.1, -0.05) is 72.9 Å². The highest BCUT2D eigenvalue weighted by Gasteiger charge is 2.30. The molecule has 0 aliphatic rings. The van der Waals surface area contributed by atoms with Gasteiger partial charge in [-0.05, 0) is 60.9 Å². The third kappa shape index (κ3) is 9.66. The monoisotopic (exact) mass is 619 g/mol. The van der Waals surface area contributed by atoms with Crippen LogP contribution in [-0.2, 0) is 32.8 Å². The summed E-state index contributed by atoms with van der Waals surface area (Å²) in [5, 5.41) is 3.61. The van der Waals surface area contributed by atoms with Crippen LogP contribution in [0.3, 0.4) is 0 Å². The van der Waals surface area contributed by atoms with E-state index in [1.165, 1.54) is 4.90 Å². The Kier molecular flexibility index (Phi) is 11.9. The number of hydrogen-bond donors (Lipinski definition) is 1. The molecule has 220 valence electrons. The van der Waals surface area contributed by atoms with E-state index in [4.69, 9.17) is 27.9 Å². The fourth-order valence-electron chi connectivity index (χ4n) is 4.02. The first-order valence-corrected chi connectivity index (χ1v) is 15.9. The summed E-state index contributed by atoms with van der Waals surface area (Å²) in [6.45, 7) is 3.91. The van der Waals surface area contributed by atoms with E-state index in [2.05, 4.69) is 5.32 Å². The number of anilines is 1. The van der Waals surface area contributed by atoms with Crippen LogP contribution >= 0.6 is 23.2 Å². The fourth-order valence-corrected chi connectivity index (χ4v) is 5.33. The van der Waals surface area contributed by atoms with Gasteiger partial charge in [0.2, 0.25) is 21.8 Å². The largest absolute Gasteiger partial charge is 0.489 e. The second-order valence-electron chi connectivity index (χ2n) is 9.62. The number of unbranched alkanes of at least 4 members (excludes halogenated alkanes) is 1. The van der Waals surface area contributed by atoms with Gasteiger partial charge in [0.05, 0.1) is 11.9 Å². The molecule has 0 heterocycles. The molecule has 11 heteroatoms. The molecule has 1 N–H and O–H groups in total. The summed E-state index contributed by atoms with van der Waals surface area (Å²) in [4.78, 5) is 28.0. The van der Waals surface area contributed by atoms with Crippen LogP contribution in [0, 0.1) is 0 Å². The molecular weight excluding hydrogens is 585 g/mol. The summed E-state index contributed by atoms with van der Waals surface area (Å²) in [5.74, 6) is -0.361. The van der Waals surface area contributed by atoms with Crippen molar-refractivity contribution in [2.75, 3.05) is 23.7 Å². The van der Waals surface area contributed by atoms with Crippen molar-refractivity contribution in [2.45, 2.75) is 45.9 Å². The molecular formula is C30H35Cl2N3O5S. The van der Waals surface area contributed by atoms with Crippen molar-refractivity contribution in [2.24, 2.45) is 0 Å². The van der Waals surface area contributed by atoms with E-state index in [9.17, 15) is 18.0 Å². The van der Waals surface area contributed by atoms with E-state index in [1.54, 1.807) is 49.4 Å². The average molecular weight is 621 g/mol. The van der Waals surface area contributed by atoms with Crippen molar-refractivity contribution in [3.05, 3.63) is 94.0 Å². The zero-order valence-corrected chi connectivity index (χ0v) is 25.7. The standard InChI is InChI=1S/C30H35Cl2N3O5S/c1-4-5-17-33-30(37)22(2)34(19-24-11-12-25(31)18-28(24)32)29(36)20-35(41(3,38)39)26-13-15-27(16-14-26)40-21-23-9-7-6-8-10-23/h6-16,18,22H,4-5,17,19-21H2,1-3H3,(H,33,37)/t22-/m1/s1. The van der Waals surface area contributed by atoms with Gasteiger partial charge in [0.15, 0.2) is 0 Å². The zero-order valence-electron chi connectivity index (χ0n) is 23.3. The smallest absolute Gasteiger partial charge is 0.244 e. The number of halogens is 2. The van der Waals surface area contributed by atoms with Crippen LogP contribution in [-0.4, -0.2) is 50.5 Å². The number of amides is 2. The molecule has 3 aromatic rings. The Hall–Kier alpha value is -3.27. The molecule has 0 spiro atoms. The molecule has 0 saturated carbocycles. The minimum Gasteiger partial charge on any atom is -0.489 e. The maximum absolute atomic E-state index is 13.7. The van der Waals surface area contributed by atoms with Crippen molar-refractivity contribution in [3.63, 3.8) is 0 Å². The summed E-state index contributed by atoms with van der Waals surface area (Å²) in [6.07, 6.45) is 2.72. The maximum atomic E-state index is 13.7. The molecule has 0 fully saturated rings. The number of carbonyl (C=O) groups is 2. The molecule has 3 aromatic carbocycles. The van der Waals surface area contributed by atoms with Crippen molar-refractivity contribution >= 4 is 50.7 Å². The highest BCUT2D eigenvalue weighted by Crippen LogP contribution is 2.25. The van der Waals surface area contributed by atoms with Gasteiger partial charge in [-0.2, -0.15) is 0 Å². The predicted octanol–water partition coefficient (Wildman–Crippen LogP) is 5.67. The molecule has 0 aromatic heterocycles. The maximum Gasteiger partial charge on any atom is 0.244 e. The van der Waals surface area contributed by atoms with E-state index in [-0.39, 0.29) is 18.1 Å². The number of rotatable bonds is 14. The van der Waals surface area contributed by atoms with E-state index < -0.39 is 28.5 Å². The second-order valence-corrected chi connectivity index (χ2v) is 12.4. The lowest BCUT2D eigenvalue weighted by Gasteiger charge is -2.31. The zero-order chi connectivity index (χ0) is 30.0. The molecule has 0 radical (unpaired) electrons. The number of sulfonamides is 1. The third-order valence-corrected chi connectivity index (χ3v) is 8.13. The summed E-state index contributed by atoms with van der Waals surface area (Å²) in [7, 11) is -3.86. The van der Waals surface area contributed by atoms with Gasteiger partial charge in [0, 0.05) is 23.1 Å². The van der Waals surface area contributed by atoms with E-state index >= 15 is 0 Å². The highest BCUT2D eigenvalue weighted by molar-refractivity contribution is 7.92. The lowest BCUT2D eigenvalue weighted by atomic mass is 10.1. The summed E-state index contributed by atoms with van der Waals surface area (Å²) < 4.78 is 32.5. The molecule has 41 heavy (non-hydrogen) atoms. The summed E-state index contributed by atoms with van der Waals surface area (Å²) in [6, 6.07) is 20.1. The Balaban J connectivity index is 1.82. The fraction of sp³-hybridized carbons (Fsp3) is 0.333. The van der Waals surface area contributed by atoms with Gasteiger partial charge in [-0.15, -0.1) is 0 Å². The van der Waals surface area contributed by atoms with Crippen LogP contribution in [0.1, 0.15) is 37.8 Å². The molecule has 0 aliphatic carbocycles. The molecule has 0 bridgehead atoms. The van der Waals surface area contributed by atoms with Crippen LogP contribution < -0.4 is 14.4 Å². The lowest BCUT2D eigenvalue weighted by molar-refractivity contribution is -0.139. The van der Waals surface area contributed by atoms with Crippen molar-refractivity contribution in [1.82, 2.24) is 10.2 Å². The Labute approximate surface area is 252 Å². The topological polar surface area (TPSA) is 96.0 Å². The molecule has 8 nitrogen and oxygen atoms in total. The van der Waals surface area contributed by atoms with Gasteiger partial charge in [-0.25, -0.2) is 8.42 Å². The van der Waals surface area contributed by atoms with Gasteiger partial charge in [0.25, 0.3) is 0 Å². The molecule has 0 aliphatic heterocycles. The van der Waals surface area contributed by atoms with Crippen molar-refractivity contribution in [1.29, 1.82) is 0 Å². The van der Waals surface area contributed by atoms with Crippen LogP contribution in [0.15, 0.2) is 72.8 Å². The van der Waals surface area contributed by atoms with E-state index in [1.807, 2.05) is 37.3 Å². The van der Waals surface area contributed by atoms with Gasteiger partial charge < -0.3 is 15.0 Å². The van der Waals surface area contributed by atoms with Crippen LogP contribution in [0.4, 0.5) is 5.69 Å². The molecule has 1 atom stereocenters. The molecule has 0 saturated heterocycles. The average Bonchev–Trinajstić information content (AvgIpc) is 2.94. The van der Waals surface area contributed by atoms with Gasteiger partial charge >= 0.3 is 0 Å². The molecule has 3 rings (SSSR count). The Morgan fingerprint density at radius 3 is 2.29 bits per heavy atom. The first-order valence-electron chi connectivity index (χ1n) is 13.2. The minimum atomic E-state index is -3.86. The van der Waals surface area contributed by atoms with Crippen LogP contribution in [0.25, 0.3) is 0 Å². The van der Waals surface area contributed by atoms with Crippen molar-refractivity contribution < 1.29 is 22.7 Å². The normalized spacial score (nSPS) is 11.9. The minimum absolute atomic E-state index is 0.0128. The molecule has 0 unspecified atom stereocenters. The van der Waals surface area contributed by atoms with Gasteiger partial charge in [0.1, 0.15) is 24.9 Å². The highest BCUT2D eigenvalue weighted by atomic mass is 35.5. The SMILES string of the molecule is CCCCNC(=O)[C@@H](C)N(Cc1ccc(Cl)cc1Cl)C(=O)CN(c1ccc(OCc2ccccc2)cc1)S(C)(=O)=O. The quantitative estimate of drug-likeness (QED) is 0.234. The van der Waals surface area contributed by atoms with Gasteiger partial charge in [-0.3, -0.25) is 13.9 Å². The number of hydrogen-bond acceptors (Lipinski definition) is 5. The Bertz CT molecular complexity index is 1420. The first-order chi connectivity index (χ1) is 19.5. The Morgan fingerprint density at radius 2 is 1.68 bits per heavy atom. The van der Waals surface area contributed by atoms with Crippen LogP contribution in [0.2, 0.25) is 10.0 Å². The number of ether oxygens (including phenoxy) is 1. The number of carbonyl (C=O) groups excluding carboxylic acids is 2. The van der Waals surface area contributed by atoms with E-state index in [0.29, 0.717) is 34.5 Å². The first kappa shape index (κ1) is 32.2. The summed E-state index contributed by atoms with van der Waals surface area (Å²) >= 11 is 12.4. The second kappa shape index (κ2) is 15.1. The van der Waals surface area contributed by atoms with Crippen molar-refractivity contribution in [3.8, 4) is 5.75 Å². The lowest BCUT2D eigenvalue weighted by Crippen LogP contribution is -2.51. The van der Waals surface area contributed by atoms with E-state index in [0.717, 1.165) is 29.0 Å². The Morgan fingerprint density at radius 1 is 1.00 bits per heavy atom. The number of nitrogens with zero attached hydrogens (tertiary/aromatic N) is 2. The number of nitrogens with one attached hydrogen (secondary N) is 1. The number of benzene rings is 3. The third-order valence-electron chi connectivity index (χ3n) is 6.40.